The van der Waals surface area contributed by atoms with Gasteiger partial charge in [0.05, 0.1) is 0 Å². The van der Waals surface area contributed by atoms with Crippen LogP contribution in [0.25, 0.3) is 0 Å². The van der Waals surface area contributed by atoms with Gasteiger partial charge in [-0.05, 0) is 6.92 Å². The van der Waals surface area contributed by atoms with E-state index in [2.05, 4.69) is 30.7 Å². The summed E-state index contributed by atoms with van der Waals surface area (Å²) in [6, 6.07) is 1.87. The summed E-state index contributed by atoms with van der Waals surface area (Å²) >= 11 is 0. The van der Waals surface area contributed by atoms with E-state index in [1.54, 1.807) is 11.0 Å². The lowest BCUT2D eigenvalue weighted by molar-refractivity contribution is 0.741. The van der Waals surface area contributed by atoms with Crippen LogP contribution >= 0.6 is 0 Å². The maximum absolute atomic E-state index is 4.31. The zero-order valence-corrected chi connectivity index (χ0v) is 10.8. The molecule has 2 rings (SSSR count). The molecule has 18 heavy (non-hydrogen) atoms. The van der Waals surface area contributed by atoms with Crippen LogP contribution in [0.5, 0.6) is 0 Å². The van der Waals surface area contributed by atoms with Crippen molar-refractivity contribution in [2.75, 3.05) is 24.2 Å². The molecule has 2 heterocycles. The van der Waals surface area contributed by atoms with Crippen molar-refractivity contribution in [3.63, 3.8) is 0 Å². The molecule has 0 atom stereocenters. The lowest BCUT2D eigenvalue weighted by atomic mass is 10.4. The average Bonchev–Trinajstić information content (AvgIpc) is 2.74. The Kier molecular flexibility index (Phi) is 3.71. The van der Waals surface area contributed by atoms with E-state index in [4.69, 9.17) is 0 Å². The quantitative estimate of drug-likeness (QED) is 0.805. The molecular weight excluding hydrogens is 230 g/mol. The van der Waals surface area contributed by atoms with Gasteiger partial charge in [-0.3, -0.25) is 4.68 Å². The zero-order valence-electron chi connectivity index (χ0n) is 10.8. The third-order valence-electron chi connectivity index (χ3n) is 2.40. The molecule has 0 aliphatic carbocycles. The molecule has 0 unspecified atom stereocenters. The molecule has 96 valence electrons. The van der Waals surface area contributed by atoms with E-state index in [0.717, 1.165) is 36.3 Å². The van der Waals surface area contributed by atoms with Crippen LogP contribution in [0.1, 0.15) is 11.6 Å². The van der Waals surface area contributed by atoms with Gasteiger partial charge in [0.25, 0.3) is 0 Å². The minimum absolute atomic E-state index is 0.736. The summed E-state index contributed by atoms with van der Waals surface area (Å²) in [5.41, 5.74) is 0. The first-order valence-electron chi connectivity index (χ1n) is 5.79. The first-order valence-corrected chi connectivity index (χ1v) is 5.79. The molecule has 0 saturated heterocycles. The first kappa shape index (κ1) is 12.3. The Balaban J connectivity index is 1.91. The molecule has 0 aliphatic rings. The Hall–Kier alpha value is -2.18. The molecule has 0 aromatic carbocycles. The molecule has 2 aromatic heterocycles. The van der Waals surface area contributed by atoms with Crippen molar-refractivity contribution in [3.8, 4) is 0 Å². The van der Waals surface area contributed by atoms with E-state index >= 15 is 0 Å². The van der Waals surface area contributed by atoms with Crippen LogP contribution in [0.2, 0.25) is 0 Å². The second kappa shape index (κ2) is 5.44. The number of nitrogens with one attached hydrogen (secondary N) is 2. The third kappa shape index (κ3) is 3.16. The summed E-state index contributed by atoms with van der Waals surface area (Å²) in [5, 5.41) is 10.5. The molecule has 0 aliphatic heterocycles. The predicted octanol–water partition coefficient (Wildman–Crippen LogP) is 0.610. The van der Waals surface area contributed by atoms with Crippen LogP contribution in [0.3, 0.4) is 0 Å². The maximum atomic E-state index is 4.31. The molecule has 2 N–H and O–H groups in total. The molecule has 0 bridgehead atoms. The van der Waals surface area contributed by atoms with Crippen LogP contribution in [-0.2, 0) is 13.5 Å². The molecule has 0 fully saturated rings. The molecule has 0 spiro atoms. The van der Waals surface area contributed by atoms with Crippen molar-refractivity contribution in [1.82, 2.24) is 24.7 Å². The summed E-state index contributed by atoms with van der Waals surface area (Å²) < 4.78 is 1.70. The van der Waals surface area contributed by atoms with Gasteiger partial charge < -0.3 is 10.6 Å². The van der Waals surface area contributed by atoms with Crippen molar-refractivity contribution in [2.45, 2.75) is 13.3 Å². The Morgan fingerprint density at radius 3 is 2.72 bits per heavy atom. The molecule has 7 nitrogen and oxygen atoms in total. The highest BCUT2D eigenvalue weighted by molar-refractivity contribution is 5.47. The minimum atomic E-state index is 0.736. The fourth-order valence-electron chi connectivity index (χ4n) is 1.59. The molecule has 0 amide bonds. The molecular formula is C11H17N7. The Morgan fingerprint density at radius 2 is 2.06 bits per heavy atom. The van der Waals surface area contributed by atoms with E-state index in [0.29, 0.717) is 0 Å². The Labute approximate surface area is 106 Å². The summed E-state index contributed by atoms with van der Waals surface area (Å²) in [4.78, 5) is 12.7. The predicted molar refractivity (Wildman–Crippen MR) is 69.5 cm³/mol. The zero-order chi connectivity index (χ0) is 13.0. The van der Waals surface area contributed by atoms with Gasteiger partial charge in [-0.25, -0.2) is 15.0 Å². The van der Waals surface area contributed by atoms with Crippen molar-refractivity contribution in [1.29, 1.82) is 0 Å². The summed E-state index contributed by atoms with van der Waals surface area (Å²) in [6.45, 7) is 2.61. The van der Waals surface area contributed by atoms with Gasteiger partial charge in [0.2, 0.25) is 0 Å². The number of rotatable bonds is 5. The maximum Gasteiger partial charge on any atom is 0.152 e. The number of hydrogen-bond acceptors (Lipinski definition) is 6. The van der Waals surface area contributed by atoms with Gasteiger partial charge in [-0.1, -0.05) is 0 Å². The third-order valence-corrected chi connectivity index (χ3v) is 2.40. The smallest absolute Gasteiger partial charge is 0.152 e. The van der Waals surface area contributed by atoms with E-state index in [-0.39, 0.29) is 0 Å². The number of anilines is 2. The van der Waals surface area contributed by atoms with E-state index in [1.165, 1.54) is 0 Å². The van der Waals surface area contributed by atoms with Gasteiger partial charge in [-0.2, -0.15) is 5.10 Å². The molecule has 2 aromatic rings. The monoisotopic (exact) mass is 247 g/mol. The topological polar surface area (TPSA) is 80.5 Å². The highest BCUT2D eigenvalue weighted by Gasteiger charge is 2.02. The van der Waals surface area contributed by atoms with E-state index in [1.807, 2.05) is 27.1 Å². The average molecular weight is 247 g/mol. The van der Waals surface area contributed by atoms with Gasteiger partial charge >= 0.3 is 0 Å². The first-order chi connectivity index (χ1) is 8.67. The molecule has 7 heteroatoms. The number of nitrogens with zero attached hydrogens (tertiary/aromatic N) is 5. The Morgan fingerprint density at radius 1 is 1.28 bits per heavy atom. The largest absolute Gasteiger partial charge is 0.373 e. The van der Waals surface area contributed by atoms with Crippen LogP contribution in [0, 0.1) is 6.92 Å². The van der Waals surface area contributed by atoms with Gasteiger partial charge in [0, 0.05) is 33.1 Å². The van der Waals surface area contributed by atoms with Crippen LogP contribution in [0.4, 0.5) is 11.6 Å². The lowest BCUT2D eigenvalue weighted by Gasteiger charge is -2.07. The number of hydrogen-bond donors (Lipinski definition) is 2. The number of aromatic nitrogens is 5. The van der Waals surface area contributed by atoms with Crippen molar-refractivity contribution in [3.05, 3.63) is 24.0 Å². The van der Waals surface area contributed by atoms with Crippen molar-refractivity contribution < 1.29 is 0 Å². The fraction of sp³-hybridized carbons (Fsp3) is 0.455. The normalized spacial score (nSPS) is 10.4. The standard InChI is InChI=1S/C11H17N7/c1-8-15-10(12-2)6-11(16-8)13-5-4-9-14-7-18(3)17-9/h6-7H,4-5H2,1-3H3,(H2,12,13,15,16). The van der Waals surface area contributed by atoms with Crippen LogP contribution < -0.4 is 10.6 Å². The summed E-state index contributed by atoms with van der Waals surface area (Å²) in [5.74, 6) is 3.17. The van der Waals surface area contributed by atoms with Gasteiger partial charge in [0.1, 0.15) is 23.8 Å². The van der Waals surface area contributed by atoms with Crippen LogP contribution in [0.15, 0.2) is 12.4 Å². The van der Waals surface area contributed by atoms with Gasteiger partial charge in [0.15, 0.2) is 5.82 Å². The molecule has 0 saturated carbocycles. The second-order valence-corrected chi connectivity index (χ2v) is 3.95. The van der Waals surface area contributed by atoms with Crippen LogP contribution in [-0.4, -0.2) is 38.3 Å². The number of aryl methyl sites for hydroxylation is 2. The minimum Gasteiger partial charge on any atom is -0.373 e. The van der Waals surface area contributed by atoms with Gasteiger partial charge in [-0.15, -0.1) is 0 Å². The highest BCUT2D eigenvalue weighted by atomic mass is 15.3. The SMILES string of the molecule is CNc1cc(NCCc2ncn(C)n2)nc(C)n1. The fourth-order valence-corrected chi connectivity index (χ4v) is 1.59. The second-order valence-electron chi connectivity index (χ2n) is 3.95. The summed E-state index contributed by atoms with van der Waals surface area (Å²) in [7, 11) is 3.69. The summed E-state index contributed by atoms with van der Waals surface area (Å²) in [6.07, 6.45) is 2.46. The van der Waals surface area contributed by atoms with E-state index < -0.39 is 0 Å². The Bertz CT molecular complexity index is 520. The van der Waals surface area contributed by atoms with Crippen molar-refractivity contribution >= 4 is 11.6 Å². The molecule has 0 radical (unpaired) electrons. The van der Waals surface area contributed by atoms with E-state index in [9.17, 15) is 0 Å². The lowest BCUT2D eigenvalue weighted by Crippen LogP contribution is -2.09. The highest BCUT2D eigenvalue weighted by Crippen LogP contribution is 2.10. The van der Waals surface area contributed by atoms with Crippen molar-refractivity contribution in [2.24, 2.45) is 7.05 Å².